The molecule has 1 aliphatic heterocycles. The minimum Gasteiger partial charge on any atom is -0.369 e. The Labute approximate surface area is 146 Å². The van der Waals surface area contributed by atoms with E-state index in [1.54, 1.807) is 0 Å². The van der Waals surface area contributed by atoms with Gasteiger partial charge in [0.05, 0.1) is 0 Å². The molecule has 3 unspecified atom stereocenters. The first-order valence-electron chi connectivity index (χ1n) is 9.56. The van der Waals surface area contributed by atoms with Crippen molar-refractivity contribution in [1.82, 2.24) is 9.88 Å². The predicted octanol–water partition coefficient (Wildman–Crippen LogP) is 3.46. The number of anilines is 2. The molecule has 2 bridgehead atoms. The van der Waals surface area contributed by atoms with Gasteiger partial charge in [-0.2, -0.15) is 0 Å². The molecule has 0 amide bonds. The molecule has 2 heterocycles. The maximum Gasteiger partial charge on any atom is 0.128 e. The molecule has 0 aromatic carbocycles. The second-order valence-corrected chi connectivity index (χ2v) is 9.00. The highest BCUT2D eigenvalue weighted by atomic mass is 15.2. The number of hydrogen-bond donors (Lipinski definition) is 1. The van der Waals surface area contributed by atoms with Crippen molar-refractivity contribution in [1.29, 1.82) is 0 Å². The van der Waals surface area contributed by atoms with Gasteiger partial charge in [-0.25, -0.2) is 4.98 Å². The van der Waals surface area contributed by atoms with E-state index in [1.807, 2.05) is 6.20 Å². The Hall–Kier alpha value is -1.29. The van der Waals surface area contributed by atoms with Crippen molar-refractivity contribution in [2.75, 3.05) is 43.4 Å². The molecule has 1 N–H and O–H groups in total. The molecule has 1 aromatic rings. The molecule has 0 radical (unpaired) electrons. The summed E-state index contributed by atoms with van der Waals surface area (Å²) in [5, 5.41) is 3.81. The van der Waals surface area contributed by atoms with Crippen LogP contribution in [0.5, 0.6) is 0 Å². The lowest BCUT2D eigenvalue weighted by Crippen LogP contribution is -2.44. The van der Waals surface area contributed by atoms with E-state index >= 15 is 0 Å². The smallest absolute Gasteiger partial charge is 0.128 e. The van der Waals surface area contributed by atoms with Crippen molar-refractivity contribution in [2.45, 2.75) is 46.1 Å². The summed E-state index contributed by atoms with van der Waals surface area (Å²) in [4.78, 5) is 9.51. The van der Waals surface area contributed by atoms with Gasteiger partial charge in [-0.3, -0.25) is 0 Å². The molecule has 24 heavy (non-hydrogen) atoms. The SMILES string of the molecule is CN1CCN(c2ccnc(NC3CC4CCC3(C)C4(C)C)c2)CC1. The first-order valence-corrected chi connectivity index (χ1v) is 9.56. The number of nitrogens with one attached hydrogen (secondary N) is 1. The average Bonchev–Trinajstić information content (AvgIpc) is 2.89. The number of rotatable bonds is 3. The fraction of sp³-hybridized carbons (Fsp3) is 0.750. The summed E-state index contributed by atoms with van der Waals surface area (Å²) in [5.74, 6) is 1.92. The maximum absolute atomic E-state index is 4.63. The van der Waals surface area contributed by atoms with Crippen LogP contribution in [0.2, 0.25) is 0 Å². The van der Waals surface area contributed by atoms with Crippen LogP contribution in [0, 0.1) is 16.7 Å². The van der Waals surface area contributed by atoms with E-state index in [0.717, 1.165) is 37.9 Å². The number of nitrogens with zero attached hydrogens (tertiary/aromatic N) is 3. The molecule has 3 fully saturated rings. The lowest BCUT2D eigenvalue weighted by atomic mass is 9.69. The number of likely N-dealkylation sites (N-methyl/N-ethyl adjacent to an activating group) is 1. The van der Waals surface area contributed by atoms with Crippen LogP contribution in [0.15, 0.2) is 18.3 Å². The maximum atomic E-state index is 4.63. The molecule has 4 rings (SSSR count). The first-order chi connectivity index (χ1) is 11.4. The number of aromatic nitrogens is 1. The zero-order valence-corrected chi connectivity index (χ0v) is 15.7. The van der Waals surface area contributed by atoms with E-state index in [4.69, 9.17) is 0 Å². The van der Waals surface area contributed by atoms with Gasteiger partial charge in [0.15, 0.2) is 0 Å². The third-order valence-electron chi connectivity index (χ3n) is 7.73. The van der Waals surface area contributed by atoms with Crippen molar-refractivity contribution < 1.29 is 0 Å². The van der Waals surface area contributed by atoms with Crippen LogP contribution >= 0.6 is 0 Å². The molecule has 132 valence electrons. The Morgan fingerprint density at radius 1 is 1.17 bits per heavy atom. The Balaban J connectivity index is 1.49. The van der Waals surface area contributed by atoms with Crippen LogP contribution in [0.25, 0.3) is 0 Å². The highest BCUT2D eigenvalue weighted by Crippen LogP contribution is 2.65. The Kier molecular flexibility index (Phi) is 3.79. The summed E-state index contributed by atoms with van der Waals surface area (Å²) < 4.78 is 0. The second-order valence-electron chi connectivity index (χ2n) is 9.00. The Morgan fingerprint density at radius 3 is 2.54 bits per heavy atom. The van der Waals surface area contributed by atoms with Gasteiger partial charge < -0.3 is 15.1 Å². The third-order valence-corrected chi connectivity index (χ3v) is 7.73. The molecule has 1 aromatic heterocycles. The zero-order valence-electron chi connectivity index (χ0n) is 15.7. The number of pyridine rings is 1. The Bertz CT molecular complexity index is 605. The summed E-state index contributed by atoms with van der Waals surface area (Å²) in [5.41, 5.74) is 2.15. The van der Waals surface area contributed by atoms with Gasteiger partial charge in [0, 0.05) is 50.2 Å². The molecule has 2 aliphatic carbocycles. The molecule has 1 saturated heterocycles. The van der Waals surface area contributed by atoms with Gasteiger partial charge in [0.1, 0.15) is 5.82 Å². The van der Waals surface area contributed by atoms with Gasteiger partial charge in [0.25, 0.3) is 0 Å². The zero-order chi connectivity index (χ0) is 16.9. The normalized spacial score (nSPS) is 35.4. The first kappa shape index (κ1) is 16.2. The number of piperazine rings is 1. The fourth-order valence-corrected chi connectivity index (χ4v) is 5.36. The van der Waals surface area contributed by atoms with Gasteiger partial charge in [-0.1, -0.05) is 20.8 Å². The van der Waals surface area contributed by atoms with Crippen LogP contribution in [0.3, 0.4) is 0 Å². The van der Waals surface area contributed by atoms with Crippen LogP contribution in [0.4, 0.5) is 11.5 Å². The van der Waals surface area contributed by atoms with Crippen LogP contribution < -0.4 is 10.2 Å². The van der Waals surface area contributed by atoms with E-state index in [9.17, 15) is 0 Å². The summed E-state index contributed by atoms with van der Waals surface area (Å²) in [6.07, 6.45) is 6.01. The molecule has 2 saturated carbocycles. The van der Waals surface area contributed by atoms with Crippen molar-refractivity contribution in [2.24, 2.45) is 16.7 Å². The van der Waals surface area contributed by atoms with Crippen molar-refractivity contribution >= 4 is 11.5 Å². The summed E-state index contributed by atoms with van der Waals surface area (Å²) in [6, 6.07) is 4.97. The topological polar surface area (TPSA) is 31.4 Å². The molecule has 4 heteroatoms. The van der Waals surface area contributed by atoms with Gasteiger partial charge in [0.2, 0.25) is 0 Å². The van der Waals surface area contributed by atoms with E-state index in [0.29, 0.717) is 16.9 Å². The molecule has 3 aliphatic rings. The lowest BCUT2D eigenvalue weighted by molar-refractivity contribution is 0.142. The van der Waals surface area contributed by atoms with E-state index in [2.05, 4.69) is 60.1 Å². The van der Waals surface area contributed by atoms with E-state index in [-0.39, 0.29) is 0 Å². The summed E-state index contributed by atoms with van der Waals surface area (Å²) in [7, 11) is 2.20. The quantitative estimate of drug-likeness (QED) is 0.921. The molecule has 4 nitrogen and oxygen atoms in total. The van der Waals surface area contributed by atoms with Crippen molar-refractivity contribution in [3.63, 3.8) is 0 Å². The fourth-order valence-electron chi connectivity index (χ4n) is 5.36. The predicted molar refractivity (Wildman–Crippen MR) is 101 cm³/mol. The standard InChI is InChI=1S/C20H32N4/c1-19(2)15-5-7-20(19,3)17(13-15)22-18-14-16(6-8-21-18)24-11-9-23(4)10-12-24/h6,8,14-15,17H,5,7,9-13H2,1-4H3,(H,21,22). The Morgan fingerprint density at radius 2 is 1.92 bits per heavy atom. The van der Waals surface area contributed by atoms with Crippen LogP contribution in [-0.2, 0) is 0 Å². The summed E-state index contributed by atoms with van der Waals surface area (Å²) in [6.45, 7) is 11.9. The van der Waals surface area contributed by atoms with Crippen LogP contribution in [0.1, 0.15) is 40.0 Å². The van der Waals surface area contributed by atoms with E-state index < -0.39 is 0 Å². The lowest BCUT2D eigenvalue weighted by Gasteiger charge is -2.40. The van der Waals surface area contributed by atoms with Crippen molar-refractivity contribution in [3.8, 4) is 0 Å². The minimum absolute atomic E-state index is 0.392. The van der Waals surface area contributed by atoms with Gasteiger partial charge in [-0.15, -0.1) is 0 Å². The summed E-state index contributed by atoms with van der Waals surface area (Å²) >= 11 is 0. The van der Waals surface area contributed by atoms with Crippen LogP contribution in [-0.4, -0.2) is 49.2 Å². The largest absolute Gasteiger partial charge is 0.369 e. The third kappa shape index (κ3) is 2.42. The molecular formula is C20H32N4. The molecular weight excluding hydrogens is 296 g/mol. The second kappa shape index (κ2) is 5.62. The highest BCUT2D eigenvalue weighted by molar-refractivity contribution is 5.55. The highest BCUT2D eigenvalue weighted by Gasteiger charge is 2.61. The van der Waals surface area contributed by atoms with E-state index in [1.165, 1.54) is 24.9 Å². The molecule has 3 atom stereocenters. The molecule has 0 spiro atoms. The minimum atomic E-state index is 0.392. The monoisotopic (exact) mass is 328 g/mol. The van der Waals surface area contributed by atoms with Gasteiger partial charge >= 0.3 is 0 Å². The van der Waals surface area contributed by atoms with Crippen molar-refractivity contribution in [3.05, 3.63) is 18.3 Å². The number of hydrogen-bond acceptors (Lipinski definition) is 4. The van der Waals surface area contributed by atoms with Gasteiger partial charge in [-0.05, 0) is 49.1 Å². The average molecular weight is 329 g/mol. The number of fused-ring (bicyclic) bond motifs is 2.